The summed E-state index contributed by atoms with van der Waals surface area (Å²) in [6.45, 7) is 7.32. The van der Waals surface area contributed by atoms with Crippen LogP contribution in [0.3, 0.4) is 0 Å². The smallest absolute Gasteiger partial charge is 0.257 e. The SMILES string of the molecule is Cc1c(F)cccc1NC(=O)c1cc(C)n(CCN(C)C)c1C. The van der Waals surface area contributed by atoms with Gasteiger partial charge in [0.05, 0.1) is 5.56 Å². The van der Waals surface area contributed by atoms with Crippen molar-refractivity contribution < 1.29 is 9.18 Å². The Kier molecular flexibility index (Phi) is 5.21. The number of nitrogens with zero attached hydrogens (tertiary/aromatic N) is 2. The van der Waals surface area contributed by atoms with Crippen molar-refractivity contribution in [3.8, 4) is 0 Å². The fraction of sp³-hybridized carbons (Fsp3) is 0.389. The van der Waals surface area contributed by atoms with Crippen molar-refractivity contribution in [1.82, 2.24) is 9.47 Å². The summed E-state index contributed by atoms with van der Waals surface area (Å²) in [5.74, 6) is -0.526. The first-order chi connectivity index (χ1) is 10.8. The second-order valence-electron chi connectivity index (χ2n) is 6.11. The van der Waals surface area contributed by atoms with Gasteiger partial charge in [-0.05, 0) is 53.1 Å². The molecule has 0 bridgehead atoms. The molecule has 1 N–H and O–H groups in total. The van der Waals surface area contributed by atoms with Gasteiger partial charge in [0.2, 0.25) is 0 Å². The maximum absolute atomic E-state index is 13.6. The Hall–Kier alpha value is -2.14. The molecule has 124 valence electrons. The van der Waals surface area contributed by atoms with E-state index >= 15 is 0 Å². The number of hydrogen-bond donors (Lipinski definition) is 1. The van der Waals surface area contributed by atoms with Gasteiger partial charge in [-0.3, -0.25) is 4.79 Å². The van der Waals surface area contributed by atoms with Crippen LogP contribution >= 0.6 is 0 Å². The van der Waals surface area contributed by atoms with Gasteiger partial charge in [0.15, 0.2) is 0 Å². The van der Waals surface area contributed by atoms with E-state index in [4.69, 9.17) is 0 Å². The molecule has 0 saturated heterocycles. The monoisotopic (exact) mass is 317 g/mol. The molecule has 1 amide bonds. The topological polar surface area (TPSA) is 37.3 Å². The lowest BCUT2D eigenvalue weighted by Gasteiger charge is -2.14. The number of anilines is 1. The number of amides is 1. The Morgan fingerprint density at radius 2 is 1.96 bits per heavy atom. The fourth-order valence-electron chi connectivity index (χ4n) is 2.61. The lowest BCUT2D eigenvalue weighted by molar-refractivity contribution is 0.102. The van der Waals surface area contributed by atoms with Crippen molar-refractivity contribution >= 4 is 11.6 Å². The Morgan fingerprint density at radius 3 is 2.61 bits per heavy atom. The molecule has 0 radical (unpaired) electrons. The van der Waals surface area contributed by atoms with Gasteiger partial charge in [-0.2, -0.15) is 0 Å². The minimum absolute atomic E-state index is 0.206. The van der Waals surface area contributed by atoms with Gasteiger partial charge in [-0.25, -0.2) is 4.39 Å². The van der Waals surface area contributed by atoms with Gasteiger partial charge in [0.1, 0.15) is 5.82 Å². The fourth-order valence-corrected chi connectivity index (χ4v) is 2.61. The van der Waals surface area contributed by atoms with Gasteiger partial charge in [-0.15, -0.1) is 0 Å². The second kappa shape index (κ2) is 6.96. The maximum Gasteiger partial charge on any atom is 0.257 e. The normalized spacial score (nSPS) is 11.1. The Balaban J connectivity index is 2.23. The van der Waals surface area contributed by atoms with E-state index in [0.717, 1.165) is 24.5 Å². The molecular formula is C18H24FN3O. The first-order valence-corrected chi connectivity index (χ1v) is 7.69. The van der Waals surface area contributed by atoms with Crippen molar-refractivity contribution in [3.63, 3.8) is 0 Å². The molecule has 5 heteroatoms. The molecular weight excluding hydrogens is 293 g/mol. The summed E-state index contributed by atoms with van der Waals surface area (Å²) >= 11 is 0. The lowest BCUT2D eigenvalue weighted by Crippen LogP contribution is -2.20. The summed E-state index contributed by atoms with van der Waals surface area (Å²) < 4.78 is 15.7. The van der Waals surface area contributed by atoms with Crippen LogP contribution < -0.4 is 5.32 Å². The summed E-state index contributed by atoms with van der Waals surface area (Å²) in [6, 6.07) is 6.58. The van der Waals surface area contributed by atoms with Crippen LogP contribution in [0.2, 0.25) is 0 Å². The molecule has 1 aromatic heterocycles. The van der Waals surface area contributed by atoms with Gasteiger partial charge in [0.25, 0.3) is 5.91 Å². The van der Waals surface area contributed by atoms with E-state index in [0.29, 0.717) is 16.8 Å². The minimum Gasteiger partial charge on any atom is -0.347 e. The Bertz CT molecular complexity index is 719. The molecule has 0 unspecified atom stereocenters. The largest absolute Gasteiger partial charge is 0.347 e. The molecule has 23 heavy (non-hydrogen) atoms. The third-order valence-corrected chi connectivity index (χ3v) is 4.10. The third-order valence-electron chi connectivity index (χ3n) is 4.10. The van der Waals surface area contributed by atoms with Gasteiger partial charge in [0, 0.05) is 35.7 Å². The van der Waals surface area contributed by atoms with Crippen molar-refractivity contribution in [2.45, 2.75) is 27.3 Å². The number of nitrogens with one attached hydrogen (secondary N) is 1. The molecule has 0 atom stereocenters. The second-order valence-corrected chi connectivity index (χ2v) is 6.11. The van der Waals surface area contributed by atoms with Crippen LogP contribution in [0.5, 0.6) is 0 Å². The number of aromatic nitrogens is 1. The summed E-state index contributed by atoms with van der Waals surface area (Å²) in [6.07, 6.45) is 0. The highest BCUT2D eigenvalue weighted by molar-refractivity contribution is 6.05. The highest BCUT2D eigenvalue weighted by Crippen LogP contribution is 2.21. The van der Waals surface area contributed by atoms with E-state index in [1.807, 2.05) is 34.0 Å². The molecule has 4 nitrogen and oxygen atoms in total. The number of rotatable bonds is 5. The quantitative estimate of drug-likeness (QED) is 0.918. The predicted octanol–water partition coefficient (Wildman–Crippen LogP) is 3.37. The lowest BCUT2D eigenvalue weighted by atomic mass is 10.1. The van der Waals surface area contributed by atoms with Crippen LogP contribution in [0.4, 0.5) is 10.1 Å². The van der Waals surface area contributed by atoms with E-state index in [1.54, 1.807) is 19.1 Å². The number of halogens is 1. The zero-order valence-electron chi connectivity index (χ0n) is 14.4. The summed E-state index contributed by atoms with van der Waals surface area (Å²) in [5, 5.41) is 2.81. The number of aryl methyl sites for hydroxylation is 1. The van der Waals surface area contributed by atoms with Gasteiger partial charge >= 0.3 is 0 Å². The van der Waals surface area contributed by atoms with E-state index in [9.17, 15) is 9.18 Å². The molecule has 0 spiro atoms. The predicted molar refractivity (Wildman–Crippen MR) is 91.6 cm³/mol. The van der Waals surface area contributed by atoms with E-state index in [2.05, 4.69) is 14.8 Å². The van der Waals surface area contributed by atoms with Crippen LogP contribution in [0, 0.1) is 26.6 Å². The van der Waals surface area contributed by atoms with Crippen molar-refractivity contribution in [1.29, 1.82) is 0 Å². The summed E-state index contributed by atoms with van der Waals surface area (Å²) in [7, 11) is 4.04. The first kappa shape index (κ1) is 17.2. The Morgan fingerprint density at radius 1 is 1.26 bits per heavy atom. The number of carbonyl (C=O) groups is 1. The zero-order chi connectivity index (χ0) is 17.1. The minimum atomic E-state index is -0.320. The molecule has 1 aromatic carbocycles. The van der Waals surface area contributed by atoms with Gasteiger partial charge < -0.3 is 14.8 Å². The molecule has 2 rings (SSSR count). The van der Waals surface area contributed by atoms with E-state index in [1.165, 1.54) is 6.07 Å². The standard InChI is InChI=1S/C18H24FN3O/c1-12-11-15(14(3)22(12)10-9-21(4)5)18(23)20-17-8-6-7-16(19)13(17)2/h6-8,11H,9-10H2,1-5H3,(H,20,23). The number of benzene rings is 1. The molecule has 2 aromatic rings. The molecule has 0 fully saturated rings. The van der Waals surface area contributed by atoms with Crippen molar-refractivity contribution in [2.75, 3.05) is 26.0 Å². The third kappa shape index (κ3) is 3.79. The van der Waals surface area contributed by atoms with Crippen LogP contribution in [0.25, 0.3) is 0 Å². The number of likely N-dealkylation sites (N-methyl/N-ethyl adjacent to an activating group) is 1. The van der Waals surface area contributed by atoms with Gasteiger partial charge in [-0.1, -0.05) is 6.07 Å². The van der Waals surface area contributed by atoms with Crippen LogP contribution in [-0.2, 0) is 6.54 Å². The summed E-state index contributed by atoms with van der Waals surface area (Å²) in [4.78, 5) is 14.7. The number of hydrogen-bond acceptors (Lipinski definition) is 2. The molecule has 1 heterocycles. The maximum atomic E-state index is 13.6. The molecule has 0 aliphatic rings. The van der Waals surface area contributed by atoms with Crippen LogP contribution in [0.15, 0.2) is 24.3 Å². The Labute approximate surface area is 136 Å². The van der Waals surface area contributed by atoms with Crippen molar-refractivity contribution in [2.24, 2.45) is 0 Å². The average molecular weight is 317 g/mol. The first-order valence-electron chi connectivity index (χ1n) is 7.69. The highest BCUT2D eigenvalue weighted by Gasteiger charge is 2.17. The van der Waals surface area contributed by atoms with Crippen molar-refractivity contribution in [3.05, 3.63) is 52.6 Å². The van der Waals surface area contributed by atoms with Crippen LogP contribution in [0.1, 0.15) is 27.3 Å². The van der Waals surface area contributed by atoms with E-state index in [-0.39, 0.29) is 11.7 Å². The summed E-state index contributed by atoms with van der Waals surface area (Å²) in [5.41, 5.74) is 3.56. The molecule has 0 aliphatic carbocycles. The molecule has 0 saturated carbocycles. The zero-order valence-corrected chi connectivity index (χ0v) is 14.4. The van der Waals surface area contributed by atoms with Crippen LogP contribution in [-0.4, -0.2) is 36.0 Å². The average Bonchev–Trinajstić information content (AvgIpc) is 2.76. The molecule has 0 aliphatic heterocycles. The number of carbonyl (C=O) groups excluding carboxylic acids is 1. The van der Waals surface area contributed by atoms with E-state index < -0.39 is 0 Å². The highest BCUT2D eigenvalue weighted by atomic mass is 19.1.